The summed E-state index contributed by atoms with van der Waals surface area (Å²) in [7, 11) is 0. The van der Waals surface area contributed by atoms with Crippen LogP contribution < -0.4 is 5.32 Å². The van der Waals surface area contributed by atoms with Gasteiger partial charge in [-0.2, -0.15) is 0 Å². The van der Waals surface area contributed by atoms with Crippen LogP contribution in [0.5, 0.6) is 0 Å². The van der Waals surface area contributed by atoms with Gasteiger partial charge in [-0.1, -0.05) is 63.1 Å². The van der Waals surface area contributed by atoms with Crippen LogP contribution in [0.3, 0.4) is 0 Å². The minimum atomic E-state index is -0.451. The lowest BCUT2D eigenvalue weighted by Gasteiger charge is -2.30. The number of hydrogen-bond donors (Lipinski definition) is 1. The van der Waals surface area contributed by atoms with Crippen molar-refractivity contribution in [2.24, 2.45) is 5.92 Å². The number of rotatable bonds is 5. The number of hydrogen-bond acceptors (Lipinski definition) is 4. The van der Waals surface area contributed by atoms with E-state index >= 15 is 0 Å². The highest BCUT2D eigenvalue weighted by Crippen LogP contribution is 2.31. The summed E-state index contributed by atoms with van der Waals surface area (Å²) in [6, 6.07) is 7.24. The summed E-state index contributed by atoms with van der Waals surface area (Å²) >= 11 is 1.40. The number of amides is 2. The first-order valence-corrected chi connectivity index (χ1v) is 11.2. The molecule has 1 aromatic heterocycles. The third-order valence-corrected chi connectivity index (χ3v) is 6.66. The predicted molar refractivity (Wildman–Crippen MR) is 111 cm³/mol. The highest BCUT2D eigenvalue weighted by atomic mass is 32.1. The molecule has 0 radical (unpaired) electrons. The number of nitrogens with one attached hydrogen (secondary N) is 1. The van der Waals surface area contributed by atoms with Crippen LogP contribution in [0.25, 0.3) is 0 Å². The van der Waals surface area contributed by atoms with Gasteiger partial charge in [0.2, 0.25) is 5.91 Å². The molecule has 1 unspecified atom stereocenters. The maximum atomic E-state index is 13.2. The van der Waals surface area contributed by atoms with E-state index in [9.17, 15) is 9.59 Å². The highest BCUT2D eigenvalue weighted by molar-refractivity contribution is 7.13. The molecule has 1 aliphatic heterocycles. The van der Waals surface area contributed by atoms with E-state index in [4.69, 9.17) is 0 Å². The second-order valence-electron chi connectivity index (χ2n) is 7.88. The minimum Gasteiger partial charge on any atom is -0.322 e. The van der Waals surface area contributed by atoms with Gasteiger partial charge in [0.25, 0.3) is 5.91 Å². The van der Waals surface area contributed by atoms with Crippen molar-refractivity contribution < 1.29 is 9.59 Å². The van der Waals surface area contributed by atoms with Gasteiger partial charge >= 0.3 is 0 Å². The number of aromatic nitrogens is 1. The van der Waals surface area contributed by atoms with Crippen LogP contribution in [0.4, 0.5) is 5.13 Å². The molecule has 2 aromatic rings. The van der Waals surface area contributed by atoms with Crippen molar-refractivity contribution in [3.05, 3.63) is 47.0 Å². The summed E-state index contributed by atoms with van der Waals surface area (Å²) in [5, 5.41) is 5.38. The van der Waals surface area contributed by atoms with Gasteiger partial charge in [-0.05, 0) is 24.0 Å². The first kappa shape index (κ1) is 19.1. The molecular weight excluding hydrogens is 370 g/mol. The summed E-state index contributed by atoms with van der Waals surface area (Å²) in [6.45, 7) is 0.512. The Morgan fingerprint density at radius 2 is 1.93 bits per heavy atom. The first-order valence-electron chi connectivity index (χ1n) is 10.3. The van der Waals surface area contributed by atoms with Crippen LogP contribution in [0.1, 0.15) is 67.3 Å². The predicted octanol–water partition coefficient (Wildman–Crippen LogP) is 4.86. The average Bonchev–Trinajstić information content (AvgIpc) is 3.29. The summed E-state index contributed by atoms with van der Waals surface area (Å²) in [4.78, 5) is 32.2. The molecule has 1 aromatic carbocycles. The van der Waals surface area contributed by atoms with Gasteiger partial charge in [0, 0.05) is 23.7 Å². The molecule has 1 fully saturated rings. The van der Waals surface area contributed by atoms with Gasteiger partial charge < -0.3 is 10.2 Å². The molecule has 1 N–H and O–H groups in total. The summed E-state index contributed by atoms with van der Waals surface area (Å²) in [6.07, 6.45) is 11.0. The summed E-state index contributed by atoms with van der Waals surface area (Å²) in [5.74, 6) is 0.350. The van der Waals surface area contributed by atoms with Crippen molar-refractivity contribution in [1.29, 1.82) is 0 Å². The Morgan fingerprint density at radius 1 is 1.18 bits per heavy atom. The van der Waals surface area contributed by atoms with Gasteiger partial charge in [-0.15, -0.1) is 11.3 Å². The molecule has 1 atom stereocenters. The summed E-state index contributed by atoms with van der Waals surface area (Å²) in [5.41, 5.74) is 1.74. The van der Waals surface area contributed by atoms with Crippen molar-refractivity contribution in [2.45, 2.75) is 64.0 Å². The standard InChI is InChI=1S/C22H27N3O2S/c26-20(24-22-23-12-13-28-22)19(14-16-8-4-2-1-3-5-9-16)25-15-17-10-6-7-11-18(17)21(25)27/h6-7,10-13,16,19H,1-5,8-9,14-15H2,(H,23,24,26). The Hall–Kier alpha value is -2.21. The second kappa shape index (κ2) is 8.86. The van der Waals surface area contributed by atoms with Gasteiger partial charge in [0.1, 0.15) is 6.04 Å². The van der Waals surface area contributed by atoms with E-state index in [1.165, 1.54) is 43.4 Å². The van der Waals surface area contributed by atoms with Crippen LogP contribution in [-0.4, -0.2) is 27.7 Å². The monoisotopic (exact) mass is 397 g/mol. The average molecular weight is 398 g/mol. The van der Waals surface area contributed by atoms with E-state index in [2.05, 4.69) is 10.3 Å². The quantitative estimate of drug-likeness (QED) is 0.784. The molecular formula is C22H27N3O2S. The molecule has 0 spiro atoms. The van der Waals surface area contributed by atoms with Gasteiger partial charge in [0.05, 0.1) is 0 Å². The minimum absolute atomic E-state index is 0.0271. The maximum Gasteiger partial charge on any atom is 0.255 e. The van der Waals surface area contributed by atoms with Gasteiger partial charge in [-0.25, -0.2) is 4.98 Å². The van der Waals surface area contributed by atoms with Gasteiger partial charge in [-0.3, -0.25) is 9.59 Å². The fraction of sp³-hybridized carbons (Fsp3) is 0.500. The number of benzene rings is 1. The molecule has 1 aliphatic carbocycles. The van der Waals surface area contributed by atoms with E-state index in [-0.39, 0.29) is 11.8 Å². The molecule has 2 heterocycles. The van der Waals surface area contributed by atoms with Crippen molar-refractivity contribution in [3.8, 4) is 0 Å². The Bertz CT molecular complexity index is 813. The normalized spacial score (nSPS) is 19.0. The van der Waals surface area contributed by atoms with E-state index in [1.807, 2.05) is 29.6 Å². The Labute approximate surface area is 170 Å². The van der Waals surface area contributed by atoms with E-state index in [1.54, 1.807) is 11.1 Å². The molecule has 2 aliphatic rings. The zero-order valence-electron chi connectivity index (χ0n) is 16.1. The highest BCUT2D eigenvalue weighted by Gasteiger charge is 2.37. The van der Waals surface area contributed by atoms with Crippen LogP contribution >= 0.6 is 11.3 Å². The zero-order chi connectivity index (χ0) is 19.3. The largest absolute Gasteiger partial charge is 0.322 e. The lowest BCUT2D eigenvalue weighted by atomic mass is 9.86. The Balaban J connectivity index is 1.54. The van der Waals surface area contributed by atoms with Crippen LogP contribution in [-0.2, 0) is 11.3 Å². The second-order valence-corrected chi connectivity index (χ2v) is 8.77. The van der Waals surface area contributed by atoms with Crippen molar-refractivity contribution >= 4 is 28.3 Å². The number of carbonyl (C=O) groups excluding carboxylic acids is 2. The molecule has 0 saturated heterocycles. The molecule has 148 valence electrons. The van der Waals surface area contributed by atoms with Crippen molar-refractivity contribution in [1.82, 2.24) is 9.88 Å². The lowest BCUT2D eigenvalue weighted by Crippen LogP contribution is -2.45. The fourth-order valence-electron chi connectivity index (χ4n) is 4.47. The molecule has 6 heteroatoms. The number of nitrogens with zero attached hydrogens (tertiary/aromatic N) is 2. The molecule has 0 bridgehead atoms. The molecule has 28 heavy (non-hydrogen) atoms. The zero-order valence-corrected chi connectivity index (χ0v) is 16.9. The number of carbonyl (C=O) groups is 2. The first-order chi connectivity index (χ1) is 13.7. The molecule has 5 nitrogen and oxygen atoms in total. The van der Waals surface area contributed by atoms with Crippen LogP contribution in [0.15, 0.2) is 35.8 Å². The fourth-order valence-corrected chi connectivity index (χ4v) is 5.00. The maximum absolute atomic E-state index is 13.2. The number of anilines is 1. The third-order valence-electron chi connectivity index (χ3n) is 5.97. The van der Waals surface area contributed by atoms with Gasteiger partial charge in [0.15, 0.2) is 5.13 Å². The van der Waals surface area contributed by atoms with Crippen LogP contribution in [0, 0.1) is 5.92 Å². The van der Waals surface area contributed by atoms with Crippen molar-refractivity contribution in [2.75, 3.05) is 5.32 Å². The third kappa shape index (κ3) is 4.27. The molecule has 2 amide bonds. The van der Waals surface area contributed by atoms with E-state index in [0.29, 0.717) is 17.6 Å². The van der Waals surface area contributed by atoms with Crippen LogP contribution in [0.2, 0.25) is 0 Å². The topological polar surface area (TPSA) is 62.3 Å². The Morgan fingerprint density at radius 3 is 2.64 bits per heavy atom. The smallest absolute Gasteiger partial charge is 0.255 e. The Kier molecular flexibility index (Phi) is 6.05. The SMILES string of the molecule is O=C(Nc1nccs1)C(CC1CCCCCCC1)N1Cc2ccccc2C1=O. The number of thiazole rings is 1. The molecule has 4 rings (SSSR count). The lowest BCUT2D eigenvalue weighted by molar-refractivity contribution is -0.121. The van der Waals surface area contributed by atoms with Crippen molar-refractivity contribution in [3.63, 3.8) is 0 Å². The molecule has 1 saturated carbocycles. The number of fused-ring (bicyclic) bond motifs is 1. The van der Waals surface area contributed by atoms with E-state index in [0.717, 1.165) is 30.4 Å². The van der Waals surface area contributed by atoms with E-state index < -0.39 is 6.04 Å². The summed E-state index contributed by atoms with van der Waals surface area (Å²) < 4.78 is 0.